The number of likely N-dealkylation sites (tertiary alicyclic amines) is 1. The second-order valence-electron chi connectivity index (χ2n) is 7.24. The van der Waals surface area contributed by atoms with E-state index in [4.69, 9.17) is 11.5 Å². The summed E-state index contributed by atoms with van der Waals surface area (Å²) in [5.41, 5.74) is 16.1. The third-order valence-electron chi connectivity index (χ3n) is 5.66. The summed E-state index contributed by atoms with van der Waals surface area (Å²) < 4.78 is 0. The first-order chi connectivity index (χ1) is 11.6. The van der Waals surface area contributed by atoms with Crippen LogP contribution in [-0.2, 0) is 18.6 Å². The van der Waals surface area contributed by atoms with Crippen molar-refractivity contribution >= 4 is 5.84 Å². The number of aliphatic imine (C=N–C) groups is 1. The normalized spacial score (nSPS) is 30.4. The average molecular weight is 325 g/mol. The SMILES string of the molecule is NC1=NC(N)(c2ccc3c(c2)CCC(N2CCCC2)CC3)NC=C1. The lowest BCUT2D eigenvalue weighted by atomic mass is 9.97. The maximum atomic E-state index is 6.43. The number of rotatable bonds is 2. The van der Waals surface area contributed by atoms with E-state index in [2.05, 4.69) is 33.4 Å². The van der Waals surface area contributed by atoms with Crippen LogP contribution in [0.5, 0.6) is 0 Å². The van der Waals surface area contributed by atoms with Gasteiger partial charge in [0.15, 0.2) is 0 Å². The second kappa shape index (κ2) is 6.22. The van der Waals surface area contributed by atoms with Crippen molar-refractivity contribution in [2.24, 2.45) is 16.5 Å². The zero-order chi connectivity index (χ0) is 16.6. The Bertz CT molecular complexity index is 674. The second-order valence-corrected chi connectivity index (χ2v) is 7.24. The van der Waals surface area contributed by atoms with Gasteiger partial charge in [-0.3, -0.25) is 5.73 Å². The van der Waals surface area contributed by atoms with Crippen molar-refractivity contribution in [1.82, 2.24) is 10.2 Å². The molecule has 1 saturated heterocycles. The number of amidine groups is 1. The summed E-state index contributed by atoms with van der Waals surface area (Å²) in [6, 6.07) is 7.29. The minimum atomic E-state index is -0.950. The summed E-state index contributed by atoms with van der Waals surface area (Å²) in [5, 5.41) is 3.14. The Labute approximate surface area is 143 Å². The van der Waals surface area contributed by atoms with Crippen LogP contribution in [0.15, 0.2) is 35.5 Å². The number of nitrogens with zero attached hydrogens (tertiary/aromatic N) is 2. The third kappa shape index (κ3) is 2.94. The summed E-state index contributed by atoms with van der Waals surface area (Å²) >= 11 is 0. The molecule has 5 heteroatoms. The van der Waals surface area contributed by atoms with Gasteiger partial charge in [-0.05, 0) is 74.9 Å². The maximum Gasteiger partial charge on any atom is 0.211 e. The lowest BCUT2D eigenvalue weighted by Crippen LogP contribution is -2.49. The van der Waals surface area contributed by atoms with Crippen molar-refractivity contribution in [1.29, 1.82) is 0 Å². The van der Waals surface area contributed by atoms with Crippen molar-refractivity contribution < 1.29 is 0 Å². The van der Waals surface area contributed by atoms with Crippen LogP contribution in [-0.4, -0.2) is 29.9 Å². The molecule has 0 spiro atoms. The fraction of sp³-hybridized carbons (Fsp3) is 0.526. The van der Waals surface area contributed by atoms with E-state index in [9.17, 15) is 0 Å². The molecule has 1 aliphatic carbocycles. The summed E-state index contributed by atoms with van der Waals surface area (Å²) in [4.78, 5) is 7.09. The highest BCUT2D eigenvalue weighted by atomic mass is 15.3. The van der Waals surface area contributed by atoms with Gasteiger partial charge in [0.1, 0.15) is 5.84 Å². The zero-order valence-electron chi connectivity index (χ0n) is 14.2. The highest BCUT2D eigenvalue weighted by molar-refractivity contribution is 5.92. The van der Waals surface area contributed by atoms with Gasteiger partial charge in [0.25, 0.3) is 0 Å². The first-order valence-corrected chi connectivity index (χ1v) is 9.09. The Kier molecular flexibility index (Phi) is 4.06. The average Bonchev–Trinajstić information content (AvgIpc) is 3.01. The Balaban J connectivity index is 1.55. The molecular weight excluding hydrogens is 298 g/mol. The highest BCUT2D eigenvalue weighted by Gasteiger charge is 2.29. The van der Waals surface area contributed by atoms with E-state index >= 15 is 0 Å². The number of nitrogens with one attached hydrogen (secondary N) is 1. The van der Waals surface area contributed by atoms with Crippen LogP contribution >= 0.6 is 0 Å². The predicted octanol–water partition coefficient (Wildman–Crippen LogP) is 1.57. The van der Waals surface area contributed by atoms with E-state index in [0.717, 1.165) is 24.4 Å². The molecule has 128 valence electrons. The van der Waals surface area contributed by atoms with Crippen LogP contribution in [0.4, 0.5) is 0 Å². The van der Waals surface area contributed by atoms with Gasteiger partial charge < -0.3 is 16.0 Å². The molecule has 2 heterocycles. The fourth-order valence-electron chi connectivity index (χ4n) is 4.28. The molecule has 0 aromatic heterocycles. The Morgan fingerprint density at radius 1 is 1.12 bits per heavy atom. The quantitative estimate of drug-likeness (QED) is 0.721. The topological polar surface area (TPSA) is 79.7 Å². The maximum absolute atomic E-state index is 6.43. The van der Waals surface area contributed by atoms with Gasteiger partial charge in [-0.1, -0.05) is 12.1 Å². The number of aryl methyl sites for hydroxylation is 2. The molecule has 5 nitrogen and oxygen atoms in total. The highest BCUT2D eigenvalue weighted by Crippen LogP contribution is 2.29. The van der Waals surface area contributed by atoms with Gasteiger partial charge >= 0.3 is 0 Å². The van der Waals surface area contributed by atoms with Crippen molar-refractivity contribution in [3.63, 3.8) is 0 Å². The molecule has 0 radical (unpaired) electrons. The molecular formula is C19H27N5. The first-order valence-electron chi connectivity index (χ1n) is 9.09. The molecule has 0 saturated carbocycles. The molecule has 4 rings (SSSR count). The van der Waals surface area contributed by atoms with Gasteiger partial charge in [-0.25, -0.2) is 4.99 Å². The molecule has 0 bridgehead atoms. The summed E-state index contributed by atoms with van der Waals surface area (Å²) in [6.45, 7) is 2.56. The van der Waals surface area contributed by atoms with Crippen molar-refractivity contribution in [2.75, 3.05) is 13.1 Å². The predicted molar refractivity (Wildman–Crippen MR) is 97.4 cm³/mol. The van der Waals surface area contributed by atoms with E-state index < -0.39 is 5.79 Å². The molecule has 3 aliphatic rings. The molecule has 2 unspecified atom stereocenters. The zero-order valence-corrected chi connectivity index (χ0v) is 14.2. The Morgan fingerprint density at radius 3 is 2.62 bits per heavy atom. The van der Waals surface area contributed by atoms with Gasteiger partial charge in [0.05, 0.1) is 0 Å². The van der Waals surface area contributed by atoms with Gasteiger partial charge in [0.2, 0.25) is 5.79 Å². The van der Waals surface area contributed by atoms with Crippen LogP contribution in [0.3, 0.4) is 0 Å². The molecule has 2 aliphatic heterocycles. The smallest absolute Gasteiger partial charge is 0.211 e. The number of fused-ring (bicyclic) bond motifs is 1. The van der Waals surface area contributed by atoms with Crippen LogP contribution in [0.2, 0.25) is 0 Å². The van der Waals surface area contributed by atoms with E-state index in [1.54, 1.807) is 12.3 Å². The monoisotopic (exact) mass is 325 g/mol. The molecule has 1 fully saturated rings. The Morgan fingerprint density at radius 2 is 1.88 bits per heavy atom. The molecule has 1 aromatic carbocycles. The van der Waals surface area contributed by atoms with Crippen molar-refractivity contribution in [3.05, 3.63) is 47.2 Å². The van der Waals surface area contributed by atoms with E-state index in [-0.39, 0.29) is 0 Å². The number of nitrogens with two attached hydrogens (primary N) is 2. The number of benzene rings is 1. The van der Waals surface area contributed by atoms with Gasteiger partial charge in [-0.15, -0.1) is 0 Å². The lowest BCUT2D eigenvalue weighted by Gasteiger charge is -2.29. The van der Waals surface area contributed by atoms with E-state index in [1.807, 2.05) is 0 Å². The van der Waals surface area contributed by atoms with Crippen LogP contribution in [0.1, 0.15) is 42.4 Å². The summed E-state index contributed by atoms with van der Waals surface area (Å²) in [5.74, 6) is -0.491. The van der Waals surface area contributed by atoms with E-state index in [0.29, 0.717) is 5.84 Å². The first kappa shape index (κ1) is 15.7. The molecule has 2 atom stereocenters. The fourth-order valence-corrected chi connectivity index (χ4v) is 4.28. The number of hydrogen-bond acceptors (Lipinski definition) is 5. The minimum Gasteiger partial charge on any atom is -0.384 e. The van der Waals surface area contributed by atoms with Gasteiger partial charge in [0, 0.05) is 17.8 Å². The van der Waals surface area contributed by atoms with Crippen molar-refractivity contribution in [2.45, 2.75) is 50.4 Å². The largest absolute Gasteiger partial charge is 0.384 e. The minimum absolute atomic E-state index is 0.459. The third-order valence-corrected chi connectivity index (χ3v) is 5.66. The van der Waals surface area contributed by atoms with Crippen LogP contribution in [0.25, 0.3) is 0 Å². The molecule has 24 heavy (non-hydrogen) atoms. The van der Waals surface area contributed by atoms with Gasteiger partial charge in [-0.2, -0.15) is 0 Å². The molecule has 0 amide bonds. The van der Waals surface area contributed by atoms with E-state index in [1.165, 1.54) is 49.9 Å². The number of hydrogen-bond donors (Lipinski definition) is 3. The van der Waals surface area contributed by atoms with Crippen LogP contribution < -0.4 is 16.8 Å². The standard InChI is InChI=1S/C19H27N5/c20-18-9-10-22-19(21,23-18)16-6-3-14-4-7-17(8-5-15(14)13-16)24-11-1-2-12-24/h3,6,9-10,13,17,22H,1-2,4-5,7-8,11-12,21H2,(H2,20,23). The summed E-state index contributed by atoms with van der Waals surface area (Å²) in [6.07, 6.45) is 11.0. The Hall–Kier alpha value is -1.85. The van der Waals surface area contributed by atoms with Crippen molar-refractivity contribution in [3.8, 4) is 0 Å². The molecule has 1 aromatic rings. The molecule has 5 N–H and O–H groups in total. The van der Waals surface area contributed by atoms with Crippen LogP contribution in [0, 0.1) is 0 Å². The lowest BCUT2D eigenvalue weighted by molar-refractivity contribution is 0.222. The summed E-state index contributed by atoms with van der Waals surface area (Å²) in [7, 11) is 0.